The van der Waals surface area contributed by atoms with E-state index in [-0.39, 0.29) is 32.0 Å². The number of nitrogens with zero attached hydrogens (tertiary/aromatic N) is 5. The van der Waals surface area contributed by atoms with Crippen LogP contribution in [0.5, 0.6) is 11.5 Å². The van der Waals surface area contributed by atoms with Gasteiger partial charge in [-0.15, -0.1) is 0 Å². The van der Waals surface area contributed by atoms with Crippen molar-refractivity contribution in [1.82, 2.24) is 19.8 Å². The van der Waals surface area contributed by atoms with Crippen molar-refractivity contribution >= 4 is 22.7 Å². The Labute approximate surface area is 237 Å². The molecule has 0 radical (unpaired) electrons. The van der Waals surface area contributed by atoms with Crippen molar-refractivity contribution in [1.29, 1.82) is 0 Å². The van der Waals surface area contributed by atoms with E-state index in [0.717, 1.165) is 55.6 Å². The monoisotopic (exact) mass is 560 g/mol. The molecule has 4 heterocycles. The molecule has 222 valence electrons. The van der Waals surface area contributed by atoms with E-state index in [2.05, 4.69) is 29.0 Å². The molecule has 3 saturated heterocycles. The minimum atomic E-state index is -2.62. The average Bonchev–Trinajstić information content (AvgIpc) is 2.95. The first-order valence-electron chi connectivity index (χ1n) is 15.2. The number of methoxy groups -OCH3 is 1. The van der Waals surface area contributed by atoms with Crippen LogP contribution in [0.3, 0.4) is 0 Å². The number of likely N-dealkylation sites (tertiary alicyclic amines) is 2. The third-order valence-corrected chi connectivity index (χ3v) is 8.67. The molecular weight excluding hydrogens is 514 g/mol. The highest BCUT2D eigenvalue weighted by Gasteiger charge is 2.35. The first kappa shape index (κ1) is 29.0. The van der Waals surface area contributed by atoms with Gasteiger partial charge in [-0.05, 0) is 65.1 Å². The number of nitrogens with one attached hydrogen (secondary N) is 1. The van der Waals surface area contributed by atoms with Crippen LogP contribution >= 0.6 is 0 Å². The van der Waals surface area contributed by atoms with Crippen LogP contribution in [0, 0.1) is 0 Å². The number of alkyl halides is 2. The Bertz CT molecular complexity index is 1110. The van der Waals surface area contributed by atoms with Gasteiger partial charge >= 0.3 is 0 Å². The van der Waals surface area contributed by atoms with Crippen molar-refractivity contribution in [3.05, 3.63) is 12.1 Å². The van der Waals surface area contributed by atoms with Crippen molar-refractivity contribution in [2.24, 2.45) is 0 Å². The summed E-state index contributed by atoms with van der Waals surface area (Å²) in [5.41, 5.74) is 0.733. The fourth-order valence-electron chi connectivity index (χ4n) is 6.09. The highest BCUT2D eigenvalue weighted by Crippen LogP contribution is 2.37. The van der Waals surface area contributed by atoms with Gasteiger partial charge in [-0.2, -0.15) is 4.98 Å². The molecule has 0 unspecified atom stereocenters. The number of hydrogen-bond donors (Lipinski definition) is 1. The fraction of sp³-hybridized carbons (Fsp3) is 0.733. The van der Waals surface area contributed by atoms with Crippen molar-refractivity contribution in [2.75, 3.05) is 69.7 Å². The van der Waals surface area contributed by atoms with Gasteiger partial charge in [0.25, 0.3) is 5.92 Å². The maximum atomic E-state index is 13.9. The van der Waals surface area contributed by atoms with E-state index >= 15 is 0 Å². The molecule has 0 amide bonds. The number of anilines is 2. The van der Waals surface area contributed by atoms with Crippen molar-refractivity contribution < 1.29 is 18.3 Å². The number of hydrogen-bond acceptors (Lipinski definition) is 8. The summed E-state index contributed by atoms with van der Waals surface area (Å²) in [6.07, 6.45) is 6.51. The van der Waals surface area contributed by atoms with Crippen LogP contribution < -0.4 is 19.7 Å². The normalized spacial score (nSPS) is 21.2. The molecule has 40 heavy (non-hydrogen) atoms. The number of fused-ring (bicyclic) bond motifs is 1. The molecule has 0 spiro atoms. The van der Waals surface area contributed by atoms with E-state index in [9.17, 15) is 8.78 Å². The van der Waals surface area contributed by atoms with E-state index < -0.39 is 5.92 Å². The van der Waals surface area contributed by atoms with Gasteiger partial charge in [0.2, 0.25) is 5.95 Å². The van der Waals surface area contributed by atoms with Crippen LogP contribution in [-0.2, 0) is 0 Å². The summed E-state index contributed by atoms with van der Waals surface area (Å²) in [5.74, 6) is -0.0973. The third-order valence-electron chi connectivity index (χ3n) is 8.67. The summed E-state index contributed by atoms with van der Waals surface area (Å²) in [6.45, 7) is 11.0. The molecule has 0 atom stereocenters. The van der Waals surface area contributed by atoms with E-state index in [1.165, 1.54) is 32.4 Å². The molecule has 1 N–H and O–H groups in total. The van der Waals surface area contributed by atoms with Gasteiger partial charge in [0, 0.05) is 69.1 Å². The zero-order chi connectivity index (χ0) is 28.1. The Morgan fingerprint density at radius 3 is 2.38 bits per heavy atom. The molecule has 1 aromatic heterocycles. The van der Waals surface area contributed by atoms with Gasteiger partial charge in [0.15, 0.2) is 11.5 Å². The van der Waals surface area contributed by atoms with Crippen LogP contribution in [0.25, 0.3) is 10.9 Å². The molecule has 3 aliphatic heterocycles. The molecule has 3 fully saturated rings. The number of piperidine rings is 3. The Hall–Kier alpha value is -2.46. The smallest absolute Gasteiger partial charge is 0.251 e. The largest absolute Gasteiger partial charge is 0.493 e. The molecule has 8 nitrogen and oxygen atoms in total. The molecule has 5 rings (SSSR count). The Morgan fingerprint density at radius 2 is 1.70 bits per heavy atom. The van der Waals surface area contributed by atoms with Crippen LogP contribution in [-0.4, -0.2) is 97.3 Å². The zero-order valence-electron chi connectivity index (χ0n) is 24.4. The quantitative estimate of drug-likeness (QED) is 0.387. The summed E-state index contributed by atoms with van der Waals surface area (Å²) in [4.78, 5) is 16.6. The lowest BCUT2D eigenvalue weighted by Crippen LogP contribution is -2.42. The van der Waals surface area contributed by atoms with Crippen LogP contribution in [0.15, 0.2) is 12.1 Å². The van der Waals surface area contributed by atoms with Gasteiger partial charge in [0.1, 0.15) is 5.82 Å². The van der Waals surface area contributed by atoms with Crippen LogP contribution in [0.1, 0.15) is 65.2 Å². The van der Waals surface area contributed by atoms with E-state index in [1.807, 2.05) is 17.0 Å². The highest BCUT2D eigenvalue weighted by molar-refractivity contribution is 5.93. The van der Waals surface area contributed by atoms with E-state index in [0.29, 0.717) is 30.1 Å². The SMILES string of the molecule is COc1cc2c(NC3CCN(C(C)C)CC3)nc(N3CCC(F)(F)CC3)nc2cc1OCCCN1CCCCC1. The summed E-state index contributed by atoms with van der Waals surface area (Å²) >= 11 is 0. The maximum absolute atomic E-state index is 13.9. The fourth-order valence-corrected chi connectivity index (χ4v) is 6.09. The molecule has 2 aromatic rings. The summed E-state index contributed by atoms with van der Waals surface area (Å²) in [6, 6.07) is 4.69. The lowest BCUT2D eigenvalue weighted by molar-refractivity contribution is -0.0222. The van der Waals surface area contributed by atoms with Gasteiger partial charge in [-0.3, -0.25) is 0 Å². The van der Waals surface area contributed by atoms with Crippen molar-refractivity contribution in [3.8, 4) is 11.5 Å². The van der Waals surface area contributed by atoms with Gasteiger partial charge < -0.3 is 29.5 Å². The number of aromatic nitrogens is 2. The summed E-state index contributed by atoms with van der Waals surface area (Å²) in [5, 5.41) is 4.54. The van der Waals surface area contributed by atoms with Crippen LogP contribution in [0.4, 0.5) is 20.5 Å². The predicted octanol–water partition coefficient (Wildman–Crippen LogP) is 5.41. The number of benzene rings is 1. The first-order chi connectivity index (χ1) is 19.3. The lowest BCUT2D eigenvalue weighted by atomic mass is 10.0. The van der Waals surface area contributed by atoms with Gasteiger partial charge in [-0.1, -0.05) is 6.42 Å². The molecule has 1 aromatic carbocycles. The Morgan fingerprint density at radius 1 is 0.975 bits per heavy atom. The van der Waals surface area contributed by atoms with Crippen molar-refractivity contribution in [2.45, 2.75) is 83.2 Å². The summed E-state index contributed by atoms with van der Waals surface area (Å²) in [7, 11) is 1.65. The molecule has 0 saturated carbocycles. The second kappa shape index (κ2) is 13.0. The second-order valence-corrected chi connectivity index (χ2v) is 11.9. The highest BCUT2D eigenvalue weighted by atomic mass is 19.3. The predicted molar refractivity (Wildman–Crippen MR) is 156 cm³/mol. The Kier molecular flexibility index (Phi) is 9.45. The third kappa shape index (κ3) is 7.24. The number of rotatable bonds is 10. The molecule has 0 bridgehead atoms. The standard InChI is InChI=1S/C30H46F2N6O2/c1-22(2)37-15-8-23(9-16-37)33-28-24-20-26(39-3)27(40-19-7-14-36-12-5-4-6-13-36)21-25(24)34-29(35-28)38-17-10-30(31,32)11-18-38/h20-23H,4-19H2,1-3H3,(H,33,34,35). The topological polar surface area (TPSA) is 66.0 Å². The first-order valence-corrected chi connectivity index (χ1v) is 15.2. The van der Waals surface area contributed by atoms with Gasteiger partial charge in [0.05, 0.1) is 19.2 Å². The molecule has 0 aliphatic carbocycles. The number of ether oxygens (including phenoxy) is 2. The molecular formula is C30H46F2N6O2. The van der Waals surface area contributed by atoms with Crippen LogP contribution in [0.2, 0.25) is 0 Å². The van der Waals surface area contributed by atoms with E-state index in [1.54, 1.807) is 7.11 Å². The molecule has 3 aliphatic rings. The van der Waals surface area contributed by atoms with Gasteiger partial charge in [-0.25, -0.2) is 13.8 Å². The minimum Gasteiger partial charge on any atom is -0.493 e. The Balaban J connectivity index is 1.37. The lowest BCUT2D eigenvalue weighted by Gasteiger charge is -2.35. The van der Waals surface area contributed by atoms with Crippen molar-refractivity contribution in [3.63, 3.8) is 0 Å². The molecule has 10 heteroatoms. The average molecular weight is 561 g/mol. The number of halogens is 2. The second-order valence-electron chi connectivity index (χ2n) is 11.9. The minimum absolute atomic E-state index is 0.182. The summed E-state index contributed by atoms with van der Waals surface area (Å²) < 4.78 is 39.8. The zero-order valence-corrected chi connectivity index (χ0v) is 24.4. The van der Waals surface area contributed by atoms with E-state index in [4.69, 9.17) is 19.4 Å². The maximum Gasteiger partial charge on any atom is 0.251 e.